The number of aliphatic hydroxyl groups excluding tert-OH is 1. The molecular weight excluding hydrogens is 212 g/mol. The van der Waals surface area contributed by atoms with E-state index in [2.05, 4.69) is 25.3 Å². The number of fused-ring (bicyclic) bond motifs is 1. The van der Waals surface area contributed by atoms with Crippen LogP contribution in [0.15, 0.2) is 22.4 Å². The number of thioether (sulfide) groups is 1. The van der Waals surface area contributed by atoms with Crippen molar-refractivity contribution in [3.05, 3.63) is 28.6 Å². The summed E-state index contributed by atoms with van der Waals surface area (Å²) in [7, 11) is 0. The van der Waals surface area contributed by atoms with Gasteiger partial charge in [-0.2, -0.15) is 0 Å². The second-order valence-corrected chi connectivity index (χ2v) is 5.02. The number of aryl methyl sites for hydroxylation is 1. The molecule has 1 N–H and O–H groups in total. The molecule has 0 aliphatic rings. The van der Waals surface area contributed by atoms with E-state index < -0.39 is 0 Å². The van der Waals surface area contributed by atoms with Gasteiger partial charge in [-0.25, -0.2) is 0 Å². The number of rotatable bonds is 2. The number of hydrogen-bond acceptors (Lipinski definition) is 3. The molecule has 74 valence electrons. The molecule has 0 spiro atoms. The van der Waals surface area contributed by atoms with Crippen molar-refractivity contribution in [1.29, 1.82) is 0 Å². The van der Waals surface area contributed by atoms with Gasteiger partial charge < -0.3 is 5.11 Å². The molecular formula is C11H12OS2. The van der Waals surface area contributed by atoms with E-state index in [1.807, 2.05) is 5.38 Å². The van der Waals surface area contributed by atoms with Crippen molar-refractivity contribution in [3.8, 4) is 0 Å². The lowest BCUT2D eigenvalue weighted by atomic mass is 10.1. The Morgan fingerprint density at radius 3 is 2.86 bits per heavy atom. The van der Waals surface area contributed by atoms with E-state index in [1.54, 1.807) is 23.1 Å². The van der Waals surface area contributed by atoms with Crippen molar-refractivity contribution < 1.29 is 5.11 Å². The lowest BCUT2D eigenvalue weighted by molar-refractivity contribution is 0.283. The van der Waals surface area contributed by atoms with E-state index in [9.17, 15) is 5.11 Å². The molecule has 0 saturated heterocycles. The van der Waals surface area contributed by atoms with Crippen molar-refractivity contribution in [2.75, 3.05) is 6.26 Å². The van der Waals surface area contributed by atoms with E-state index in [0.29, 0.717) is 0 Å². The third-order valence-corrected chi connectivity index (χ3v) is 3.99. The minimum Gasteiger partial charge on any atom is -0.392 e. The molecule has 0 aliphatic heterocycles. The summed E-state index contributed by atoms with van der Waals surface area (Å²) in [4.78, 5) is 1.27. The molecule has 1 aromatic carbocycles. The summed E-state index contributed by atoms with van der Waals surface area (Å²) in [6.07, 6.45) is 2.08. The van der Waals surface area contributed by atoms with Crippen molar-refractivity contribution in [2.45, 2.75) is 18.4 Å². The SMILES string of the molecule is CSc1cc(C)cc2scc(CO)c12. The summed E-state index contributed by atoms with van der Waals surface area (Å²) in [6.45, 7) is 2.24. The predicted molar refractivity (Wildman–Crippen MR) is 64.3 cm³/mol. The molecule has 0 fully saturated rings. The number of aliphatic hydroxyl groups is 1. The fourth-order valence-corrected chi connectivity index (χ4v) is 3.49. The van der Waals surface area contributed by atoms with Crippen LogP contribution in [0.3, 0.4) is 0 Å². The maximum Gasteiger partial charge on any atom is 0.0696 e. The van der Waals surface area contributed by atoms with Gasteiger partial charge in [-0.05, 0) is 41.8 Å². The molecule has 0 amide bonds. The monoisotopic (exact) mass is 224 g/mol. The maximum atomic E-state index is 9.21. The Morgan fingerprint density at radius 2 is 2.21 bits per heavy atom. The van der Waals surface area contributed by atoms with Gasteiger partial charge in [-0.1, -0.05) is 0 Å². The molecule has 1 nitrogen and oxygen atoms in total. The normalized spacial score (nSPS) is 11.1. The molecule has 0 radical (unpaired) electrons. The molecule has 0 unspecified atom stereocenters. The number of benzene rings is 1. The zero-order valence-corrected chi connectivity index (χ0v) is 9.84. The lowest BCUT2D eigenvalue weighted by Gasteiger charge is -2.03. The highest BCUT2D eigenvalue weighted by molar-refractivity contribution is 7.98. The highest BCUT2D eigenvalue weighted by Gasteiger charge is 2.08. The first-order valence-electron chi connectivity index (χ1n) is 4.42. The quantitative estimate of drug-likeness (QED) is 0.789. The summed E-state index contributed by atoms with van der Waals surface area (Å²) in [6, 6.07) is 4.36. The van der Waals surface area contributed by atoms with Gasteiger partial charge in [0.05, 0.1) is 6.61 Å². The first kappa shape index (κ1) is 10.0. The number of hydrogen-bond donors (Lipinski definition) is 1. The molecule has 2 rings (SSSR count). The second kappa shape index (κ2) is 3.93. The van der Waals surface area contributed by atoms with E-state index in [0.717, 1.165) is 5.56 Å². The minimum absolute atomic E-state index is 0.136. The van der Waals surface area contributed by atoms with E-state index in [4.69, 9.17) is 0 Å². The van der Waals surface area contributed by atoms with Crippen LogP contribution in [0, 0.1) is 6.92 Å². The first-order valence-corrected chi connectivity index (χ1v) is 6.52. The Bertz CT molecular complexity index is 460. The van der Waals surface area contributed by atoms with Gasteiger partial charge in [-0.15, -0.1) is 23.1 Å². The minimum atomic E-state index is 0.136. The van der Waals surface area contributed by atoms with Gasteiger partial charge in [0.15, 0.2) is 0 Å². The van der Waals surface area contributed by atoms with E-state index >= 15 is 0 Å². The molecule has 0 atom stereocenters. The van der Waals surface area contributed by atoms with Gasteiger partial charge in [0.25, 0.3) is 0 Å². The van der Waals surface area contributed by atoms with Crippen LogP contribution in [-0.2, 0) is 6.61 Å². The topological polar surface area (TPSA) is 20.2 Å². The zero-order valence-electron chi connectivity index (χ0n) is 8.20. The van der Waals surface area contributed by atoms with Crippen LogP contribution in [0.2, 0.25) is 0 Å². The highest BCUT2D eigenvalue weighted by atomic mass is 32.2. The van der Waals surface area contributed by atoms with Crippen molar-refractivity contribution in [1.82, 2.24) is 0 Å². The summed E-state index contributed by atoms with van der Waals surface area (Å²) in [5.41, 5.74) is 2.34. The Hall–Kier alpha value is -0.510. The fourth-order valence-electron chi connectivity index (χ4n) is 1.60. The third kappa shape index (κ3) is 1.56. The molecule has 1 aromatic heterocycles. The summed E-state index contributed by atoms with van der Waals surface area (Å²) < 4.78 is 1.28. The van der Waals surface area contributed by atoms with Gasteiger partial charge >= 0.3 is 0 Å². The Morgan fingerprint density at radius 1 is 1.43 bits per heavy atom. The largest absolute Gasteiger partial charge is 0.392 e. The molecule has 0 bridgehead atoms. The highest BCUT2D eigenvalue weighted by Crippen LogP contribution is 2.34. The van der Waals surface area contributed by atoms with Crippen LogP contribution in [0.25, 0.3) is 10.1 Å². The van der Waals surface area contributed by atoms with Crippen LogP contribution in [0.5, 0.6) is 0 Å². The first-order chi connectivity index (χ1) is 6.76. The average molecular weight is 224 g/mol. The van der Waals surface area contributed by atoms with Crippen molar-refractivity contribution in [3.63, 3.8) is 0 Å². The van der Waals surface area contributed by atoms with Crippen LogP contribution >= 0.6 is 23.1 Å². The summed E-state index contributed by atoms with van der Waals surface area (Å²) in [5.74, 6) is 0. The smallest absolute Gasteiger partial charge is 0.0696 e. The summed E-state index contributed by atoms with van der Waals surface area (Å²) >= 11 is 3.45. The molecule has 3 heteroatoms. The van der Waals surface area contributed by atoms with Crippen LogP contribution in [-0.4, -0.2) is 11.4 Å². The molecule has 1 heterocycles. The second-order valence-electron chi connectivity index (χ2n) is 3.26. The van der Waals surface area contributed by atoms with Gasteiger partial charge in [0, 0.05) is 15.0 Å². The van der Waals surface area contributed by atoms with E-state index in [-0.39, 0.29) is 6.61 Å². The van der Waals surface area contributed by atoms with Crippen LogP contribution < -0.4 is 0 Å². The van der Waals surface area contributed by atoms with Gasteiger partial charge in [-0.3, -0.25) is 0 Å². The van der Waals surface area contributed by atoms with Crippen molar-refractivity contribution in [2.24, 2.45) is 0 Å². The van der Waals surface area contributed by atoms with Crippen molar-refractivity contribution >= 4 is 33.2 Å². The maximum absolute atomic E-state index is 9.21. The summed E-state index contributed by atoms with van der Waals surface area (Å²) in [5, 5.41) is 12.5. The Balaban J connectivity index is 2.78. The standard InChI is InChI=1S/C11H12OS2/c1-7-3-9(13-2)11-8(5-12)6-14-10(11)4-7/h3-4,6,12H,5H2,1-2H3. The average Bonchev–Trinajstić information content (AvgIpc) is 2.59. The van der Waals surface area contributed by atoms with Crippen LogP contribution in [0.1, 0.15) is 11.1 Å². The molecule has 14 heavy (non-hydrogen) atoms. The van der Waals surface area contributed by atoms with Crippen LogP contribution in [0.4, 0.5) is 0 Å². The zero-order chi connectivity index (χ0) is 10.1. The predicted octanol–water partition coefficient (Wildman–Crippen LogP) is 3.42. The molecule has 0 aliphatic carbocycles. The van der Waals surface area contributed by atoms with E-state index in [1.165, 1.54) is 20.5 Å². The molecule has 2 aromatic rings. The van der Waals surface area contributed by atoms with Gasteiger partial charge in [0.2, 0.25) is 0 Å². The fraction of sp³-hybridized carbons (Fsp3) is 0.273. The van der Waals surface area contributed by atoms with Gasteiger partial charge in [0.1, 0.15) is 0 Å². The Labute approximate surface area is 91.8 Å². The lowest BCUT2D eigenvalue weighted by Crippen LogP contribution is -1.83. The Kier molecular flexibility index (Phi) is 2.81. The molecule has 0 saturated carbocycles. The number of thiophene rings is 1. The third-order valence-electron chi connectivity index (χ3n) is 2.25.